The van der Waals surface area contributed by atoms with Crippen LogP contribution in [0.3, 0.4) is 0 Å². The van der Waals surface area contributed by atoms with Crippen molar-refractivity contribution in [1.29, 1.82) is 0 Å². The van der Waals surface area contributed by atoms with Crippen LogP contribution in [-0.2, 0) is 0 Å². The van der Waals surface area contributed by atoms with E-state index >= 15 is 0 Å². The molecule has 2 rings (SSSR count). The maximum atomic E-state index is 3.38. The van der Waals surface area contributed by atoms with Gasteiger partial charge in [0.1, 0.15) is 0 Å². The lowest BCUT2D eigenvalue weighted by Gasteiger charge is -1.97. The van der Waals surface area contributed by atoms with Gasteiger partial charge in [0.05, 0.1) is 0 Å². The highest BCUT2D eigenvalue weighted by atomic mass is 14.9. The minimum Gasteiger partial charge on any atom is -0.384 e. The van der Waals surface area contributed by atoms with Crippen LogP contribution in [0, 0.1) is 0 Å². The normalized spacial score (nSPS) is 19.5. The van der Waals surface area contributed by atoms with Gasteiger partial charge in [0.2, 0.25) is 0 Å². The number of allylic oxidation sites excluding steroid dienone is 5. The standard InChI is InChI=1S/C10H13N.C2H6/c1-8-3-2-4-9-5-6-11-10(9)7-8;1-2/h3-4,7,11H,2,5-6H2,1H3;1-2H3. The number of nitrogens with one attached hydrogen (secondary N) is 1. The molecule has 0 bridgehead atoms. The zero-order valence-corrected chi connectivity index (χ0v) is 8.85. The molecule has 0 aromatic heterocycles. The summed E-state index contributed by atoms with van der Waals surface area (Å²) >= 11 is 0. The fourth-order valence-electron chi connectivity index (χ4n) is 1.61. The minimum absolute atomic E-state index is 1.10. The van der Waals surface area contributed by atoms with E-state index in [0.717, 1.165) is 13.0 Å². The molecule has 1 heterocycles. The van der Waals surface area contributed by atoms with Crippen molar-refractivity contribution in [2.75, 3.05) is 6.54 Å². The third-order valence-corrected chi connectivity index (χ3v) is 2.23. The number of rotatable bonds is 0. The molecule has 1 fully saturated rings. The Morgan fingerprint density at radius 3 is 2.77 bits per heavy atom. The number of hydrogen-bond donors (Lipinski definition) is 1. The van der Waals surface area contributed by atoms with Gasteiger partial charge in [-0.3, -0.25) is 0 Å². The van der Waals surface area contributed by atoms with Crippen molar-refractivity contribution in [3.8, 4) is 0 Å². The molecule has 72 valence electrons. The molecule has 0 aromatic carbocycles. The summed E-state index contributed by atoms with van der Waals surface area (Å²) in [7, 11) is 0. The largest absolute Gasteiger partial charge is 0.384 e. The van der Waals surface area contributed by atoms with E-state index in [1.165, 1.54) is 23.3 Å². The maximum Gasteiger partial charge on any atom is 0.0372 e. The zero-order chi connectivity index (χ0) is 9.68. The molecule has 0 atom stereocenters. The molecule has 1 nitrogen and oxygen atoms in total. The maximum absolute atomic E-state index is 3.38. The van der Waals surface area contributed by atoms with E-state index in [4.69, 9.17) is 0 Å². The summed E-state index contributed by atoms with van der Waals surface area (Å²) in [5, 5.41) is 3.38. The summed E-state index contributed by atoms with van der Waals surface area (Å²) in [6.45, 7) is 7.27. The summed E-state index contributed by atoms with van der Waals surface area (Å²) < 4.78 is 0. The summed E-state index contributed by atoms with van der Waals surface area (Å²) in [6, 6.07) is 0. The van der Waals surface area contributed by atoms with Crippen LogP contribution in [-0.4, -0.2) is 6.54 Å². The van der Waals surface area contributed by atoms with Crippen molar-refractivity contribution in [3.63, 3.8) is 0 Å². The van der Waals surface area contributed by atoms with E-state index in [0.29, 0.717) is 0 Å². The van der Waals surface area contributed by atoms with Crippen molar-refractivity contribution in [2.45, 2.75) is 33.6 Å². The van der Waals surface area contributed by atoms with Crippen LogP contribution in [0.1, 0.15) is 33.6 Å². The van der Waals surface area contributed by atoms with Gasteiger partial charge in [-0.05, 0) is 31.4 Å². The lowest BCUT2D eigenvalue weighted by atomic mass is 10.1. The molecule has 0 spiro atoms. The lowest BCUT2D eigenvalue weighted by Crippen LogP contribution is -2.03. The lowest BCUT2D eigenvalue weighted by molar-refractivity contribution is 0.913. The first kappa shape index (κ1) is 10.1. The molecule has 1 aliphatic heterocycles. The van der Waals surface area contributed by atoms with Crippen LogP contribution >= 0.6 is 0 Å². The monoisotopic (exact) mass is 177 g/mol. The van der Waals surface area contributed by atoms with Gasteiger partial charge in [0, 0.05) is 12.2 Å². The van der Waals surface area contributed by atoms with Crippen LogP contribution < -0.4 is 5.32 Å². The van der Waals surface area contributed by atoms with Crippen LogP contribution in [0.2, 0.25) is 0 Å². The minimum atomic E-state index is 1.10. The average molecular weight is 177 g/mol. The first-order valence-electron chi connectivity index (χ1n) is 5.18. The smallest absolute Gasteiger partial charge is 0.0372 e. The quantitative estimate of drug-likeness (QED) is 0.599. The van der Waals surface area contributed by atoms with Gasteiger partial charge in [-0.1, -0.05) is 31.6 Å². The van der Waals surface area contributed by atoms with Crippen molar-refractivity contribution < 1.29 is 0 Å². The second kappa shape index (κ2) is 4.90. The van der Waals surface area contributed by atoms with Gasteiger partial charge < -0.3 is 5.32 Å². The summed E-state index contributed by atoms with van der Waals surface area (Å²) in [5.74, 6) is 0. The molecule has 0 unspecified atom stereocenters. The molecule has 0 saturated carbocycles. The Balaban J connectivity index is 0.000000396. The summed E-state index contributed by atoms with van der Waals surface area (Å²) in [6.07, 6.45) is 9.13. The Hall–Kier alpha value is -0.980. The molecule has 0 aromatic rings. The Kier molecular flexibility index (Phi) is 3.81. The Labute approximate surface area is 81.2 Å². The van der Waals surface area contributed by atoms with Gasteiger partial charge >= 0.3 is 0 Å². The average Bonchev–Trinajstić information content (AvgIpc) is 2.50. The second-order valence-electron chi connectivity index (χ2n) is 3.15. The van der Waals surface area contributed by atoms with Crippen molar-refractivity contribution in [1.82, 2.24) is 5.32 Å². The van der Waals surface area contributed by atoms with Gasteiger partial charge in [0.15, 0.2) is 0 Å². The molecule has 1 saturated heterocycles. The third-order valence-electron chi connectivity index (χ3n) is 2.23. The molecule has 13 heavy (non-hydrogen) atoms. The third kappa shape index (κ3) is 2.48. The second-order valence-corrected chi connectivity index (χ2v) is 3.15. The van der Waals surface area contributed by atoms with Crippen LogP contribution in [0.5, 0.6) is 0 Å². The predicted molar refractivity (Wildman–Crippen MR) is 58.5 cm³/mol. The van der Waals surface area contributed by atoms with E-state index in [9.17, 15) is 0 Å². The summed E-state index contributed by atoms with van der Waals surface area (Å²) in [4.78, 5) is 0. The molecule has 2 aliphatic rings. The number of hydrogen-bond acceptors (Lipinski definition) is 1. The van der Waals surface area contributed by atoms with Crippen molar-refractivity contribution >= 4 is 0 Å². The van der Waals surface area contributed by atoms with Crippen molar-refractivity contribution in [2.24, 2.45) is 0 Å². The van der Waals surface area contributed by atoms with E-state index in [1.807, 2.05) is 13.8 Å². The molecule has 0 amide bonds. The highest BCUT2D eigenvalue weighted by molar-refractivity contribution is 5.41. The Bertz CT molecular complexity index is 256. The molecule has 1 aliphatic carbocycles. The molecular weight excluding hydrogens is 158 g/mol. The predicted octanol–water partition coefficient (Wildman–Crippen LogP) is 3.17. The molecular formula is C12H19N. The SMILES string of the molecule is CC.CC1=CCC=C2CCNC2=C1. The molecule has 1 N–H and O–H groups in total. The first-order valence-corrected chi connectivity index (χ1v) is 5.18. The van der Waals surface area contributed by atoms with E-state index in [2.05, 4.69) is 30.5 Å². The summed E-state index contributed by atoms with van der Waals surface area (Å²) in [5.41, 5.74) is 4.22. The Morgan fingerprint density at radius 1 is 1.23 bits per heavy atom. The fraction of sp³-hybridized carbons (Fsp3) is 0.500. The Morgan fingerprint density at radius 2 is 2.00 bits per heavy atom. The van der Waals surface area contributed by atoms with Crippen molar-refractivity contribution in [3.05, 3.63) is 35.1 Å². The van der Waals surface area contributed by atoms with Gasteiger partial charge in [-0.25, -0.2) is 0 Å². The topological polar surface area (TPSA) is 12.0 Å². The van der Waals surface area contributed by atoms with Gasteiger partial charge in [-0.15, -0.1) is 0 Å². The van der Waals surface area contributed by atoms with Gasteiger partial charge in [0.25, 0.3) is 0 Å². The number of fused-ring (bicyclic) bond motifs is 1. The van der Waals surface area contributed by atoms with E-state index in [-0.39, 0.29) is 0 Å². The molecule has 0 radical (unpaired) electrons. The highest BCUT2D eigenvalue weighted by Gasteiger charge is 2.12. The van der Waals surface area contributed by atoms with E-state index in [1.54, 1.807) is 0 Å². The first-order chi connectivity index (χ1) is 6.36. The van der Waals surface area contributed by atoms with Gasteiger partial charge in [-0.2, -0.15) is 0 Å². The van der Waals surface area contributed by atoms with Crippen LogP contribution in [0.25, 0.3) is 0 Å². The van der Waals surface area contributed by atoms with Crippen LogP contribution in [0.4, 0.5) is 0 Å². The fourth-order valence-corrected chi connectivity index (χ4v) is 1.61. The zero-order valence-electron chi connectivity index (χ0n) is 8.85. The van der Waals surface area contributed by atoms with E-state index < -0.39 is 0 Å². The molecule has 1 heteroatoms. The highest BCUT2D eigenvalue weighted by Crippen LogP contribution is 2.22. The van der Waals surface area contributed by atoms with Crippen LogP contribution in [0.15, 0.2) is 35.1 Å².